The second-order valence-electron chi connectivity index (χ2n) is 5.25. The Morgan fingerprint density at radius 2 is 2.00 bits per heavy atom. The van der Waals surface area contributed by atoms with Crippen molar-refractivity contribution in [3.8, 4) is 0 Å². The molecule has 0 aliphatic carbocycles. The lowest BCUT2D eigenvalue weighted by molar-refractivity contribution is -0.384. The van der Waals surface area contributed by atoms with E-state index in [1.807, 2.05) is 0 Å². The van der Waals surface area contributed by atoms with Gasteiger partial charge in [-0.25, -0.2) is 4.79 Å². The maximum absolute atomic E-state index is 11.2. The van der Waals surface area contributed by atoms with Crippen LogP contribution in [0.1, 0.15) is 30.1 Å². The highest BCUT2D eigenvalue weighted by atomic mass is 16.6. The van der Waals surface area contributed by atoms with E-state index >= 15 is 0 Å². The van der Waals surface area contributed by atoms with Crippen LogP contribution in [-0.2, 0) is 0 Å². The molecule has 20 heavy (non-hydrogen) atoms. The number of benzene rings is 1. The van der Waals surface area contributed by atoms with E-state index in [0.29, 0.717) is 31.6 Å². The molecule has 108 valence electrons. The monoisotopic (exact) mass is 280 g/mol. The minimum Gasteiger partial charge on any atom is -0.478 e. The number of rotatable bonds is 3. The van der Waals surface area contributed by atoms with Crippen LogP contribution in [0.2, 0.25) is 0 Å². The van der Waals surface area contributed by atoms with E-state index in [0.717, 1.165) is 0 Å². The Kier molecular flexibility index (Phi) is 3.63. The van der Waals surface area contributed by atoms with Crippen molar-refractivity contribution in [2.75, 3.05) is 18.0 Å². The SMILES string of the molecule is CC1(O)CCN(c2cc([N+](=O)[O-])ccc2C(=O)O)CC1. The van der Waals surface area contributed by atoms with Crippen molar-refractivity contribution in [3.63, 3.8) is 0 Å². The number of hydrogen-bond donors (Lipinski definition) is 2. The van der Waals surface area contributed by atoms with Crippen LogP contribution in [0.4, 0.5) is 11.4 Å². The Hall–Kier alpha value is -2.15. The number of aromatic carboxylic acids is 1. The van der Waals surface area contributed by atoms with Gasteiger partial charge in [0, 0.05) is 25.2 Å². The van der Waals surface area contributed by atoms with E-state index < -0.39 is 16.5 Å². The molecule has 1 aromatic carbocycles. The minimum atomic E-state index is -1.12. The molecule has 1 aromatic rings. The fourth-order valence-corrected chi connectivity index (χ4v) is 2.31. The predicted molar refractivity (Wildman–Crippen MR) is 72.1 cm³/mol. The highest BCUT2D eigenvalue weighted by Crippen LogP contribution is 2.31. The van der Waals surface area contributed by atoms with E-state index in [1.165, 1.54) is 18.2 Å². The van der Waals surface area contributed by atoms with Crippen LogP contribution >= 0.6 is 0 Å². The molecule has 1 heterocycles. The van der Waals surface area contributed by atoms with Gasteiger partial charge in [0.2, 0.25) is 0 Å². The van der Waals surface area contributed by atoms with E-state index in [2.05, 4.69) is 0 Å². The van der Waals surface area contributed by atoms with Crippen molar-refractivity contribution >= 4 is 17.3 Å². The fraction of sp³-hybridized carbons (Fsp3) is 0.462. The molecule has 1 saturated heterocycles. The molecule has 0 bridgehead atoms. The van der Waals surface area contributed by atoms with Crippen LogP contribution in [0.25, 0.3) is 0 Å². The zero-order chi connectivity index (χ0) is 14.9. The summed E-state index contributed by atoms with van der Waals surface area (Å²) in [4.78, 5) is 23.3. The summed E-state index contributed by atoms with van der Waals surface area (Å²) in [7, 11) is 0. The van der Waals surface area contributed by atoms with Gasteiger partial charge in [0.25, 0.3) is 5.69 Å². The van der Waals surface area contributed by atoms with Gasteiger partial charge in [0.05, 0.1) is 21.8 Å². The Labute approximate surface area is 115 Å². The second-order valence-corrected chi connectivity index (χ2v) is 5.25. The molecule has 0 radical (unpaired) electrons. The smallest absolute Gasteiger partial charge is 0.337 e. The van der Waals surface area contributed by atoms with E-state index in [1.54, 1.807) is 11.8 Å². The average molecular weight is 280 g/mol. The largest absolute Gasteiger partial charge is 0.478 e. The zero-order valence-corrected chi connectivity index (χ0v) is 11.1. The lowest BCUT2D eigenvalue weighted by Crippen LogP contribution is -2.43. The number of carboxylic acids is 1. The van der Waals surface area contributed by atoms with Gasteiger partial charge in [0.15, 0.2) is 0 Å². The van der Waals surface area contributed by atoms with Gasteiger partial charge in [0.1, 0.15) is 0 Å². The summed E-state index contributed by atoms with van der Waals surface area (Å²) in [5.41, 5.74) is -0.526. The molecular weight excluding hydrogens is 264 g/mol. The van der Waals surface area contributed by atoms with Crippen LogP contribution in [0.3, 0.4) is 0 Å². The number of nitro benzene ring substituents is 1. The summed E-state index contributed by atoms with van der Waals surface area (Å²) in [5, 5.41) is 29.9. The first-order valence-electron chi connectivity index (χ1n) is 6.29. The second kappa shape index (κ2) is 5.09. The normalized spacial score (nSPS) is 17.8. The third-order valence-corrected chi connectivity index (χ3v) is 3.60. The molecule has 1 aliphatic rings. The molecule has 7 nitrogen and oxygen atoms in total. The molecule has 7 heteroatoms. The maximum atomic E-state index is 11.2. The lowest BCUT2D eigenvalue weighted by atomic mass is 9.93. The van der Waals surface area contributed by atoms with Crippen molar-refractivity contribution < 1.29 is 19.9 Å². The number of anilines is 1. The zero-order valence-electron chi connectivity index (χ0n) is 11.1. The van der Waals surface area contributed by atoms with Gasteiger partial charge in [-0.2, -0.15) is 0 Å². The van der Waals surface area contributed by atoms with E-state index in [9.17, 15) is 25.1 Å². The Bertz CT molecular complexity index is 546. The molecule has 0 amide bonds. The topological polar surface area (TPSA) is 104 Å². The molecule has 1 fully saturated rings. The van der Waals surface area contributed by atoms with Crippen LogP contribution < -0.4 is 4.90 Å². The average Bonchev–Trinajstić information content (AvgIpc) is 2.37. The Morgan fingerprint density at radius 1 is 1.40 bits per heavy atom. The number of nitro groups is 1. The molecule has 0 aromatic heterocycles. The highest BCUT2D eigenvalue weighted by molar-refractivity contribution is 5.95. The van der Waals surface area contributed by atoms with Gasteiger partial charge in [-0.3, -0.25) is 10.1 Å². The van der Waals surface area contributed by atoms with Crippen molar-refractivity contribution in [1.29, 1.82) is 0 Å². The summed E-state index contributed by atoms with van der Waals surface area (Å²) in [6.07, 6.45) is 0.990. The van der Waals surface area contributed by atoms with E-state index in [4.69, 9.17) is 0 Å². The van der Waals surface area contributed by atoms with Gasteiger partial charge in [-0.15, -0.1) is 0 Å². The summed E-state index contributed by atoms with van der Waals surface area (Å²) < 4.78 is 0. The van der Waals surface area contributed by atoms with Crippen molar-refractivity contribution in [3.05, 3.63) is 33.9 Å². The van der Waals surface area contributed by atoms with Crippen LogP contribution in [-0.4, -0.2) is 39.8 Å². The van der Waals surface area contributed by atoms with Gasteiger partial charge in [-0.05, 0) is 25.8 Å². The number of non-ortho nitro benzene ring substituents is 1. The summed E-state index contributed by atoms with van der Waals surface area (Å²) in [5.74, 6) is -1.12. The summed E-state index contributed by atoms with van der Waals surface area (Å²) in [6, 6.07) is 3.72. The molecule has 2 N–H and O–H groups in total. The summed E-state index contributed by atoms with van der Waals surface area (Å²) >= 11 is 0. The molecule has 0 saturated carbocycles. The Morgan fingerprint density at radius 3 is 2.50 bits per heavy atom. The van der Waals surface area contributed by atoms with Crippen LogP contribution in [0, 0.1) is 10.1 Å². The third kappa shape index (κ3) is 2.88. The van der Waals surface area contributed by atoms with Crippen LogP contribution in [0.15, 0.2) is 18.2 Å². The first-order chi connectivity index (χ1) is 9.30. The molecular formula is C13H16N2O5. The fourth-order valence-electron chi connectivity index (χ4n) is 2.31. The molecule has 2 rings (SSSR count). The number of nitrogens with zero attached hydrogens (tertiary/aromatic N) is 2. The highest BCUT2D eigenvalue weighted by Gasteiger charge is 2.29. The summed E-state index contributed by atoms with van der Waals surface area (Å²) in [6.45, 7) is 2.67. The molecule has 0 spiro atoms. The maximum Gasteiger partial charge on any atom is 0.337 e. The van der Waals surface area contributed by atoms with Crippen molar-refractivity contribution in [2.24, 2.45) is 0 Å². The minimum absolute atomic E-state index is 0.0390. The third-order valence-electron chi connectivity index (χ3n) is 3.60. The lowest BCUT2D eigenvalue weighted by Gasteiger charge is -2.37. The van der Waals surface area contributed by atoms with Gasteiger partial charge >= 0.3 is 5.97 Å². The van der Waals surface area contributed by atoms with Gasteiger partial charge in [-0.1, -0.05) is 0 Å². The number of carbonyl (C=O) groups is 1. The number of carboxylic acid groups (broad SMARTS) is 1. The number of hydrogen-bond acceptors (Lipinski definition) is 5. The predicted octanol–water partition coefficient (Wildman–Crippen LogP) is 1.64. The Balaban J connectivity index is 2.36. The van der Waals surface area contributed by atoms with Gasteiger partial charge < -0.3 is 15.1 Å². The van der Waals surface area contributed by atoms with Crippen molar-refractivity contribution in [1.82, 2.24) is 0 Å². The first kappa shape index (κ1) is 14.3. The molecule has 0 unspecified atom stereocenters. The first-order valence-corrected chi connectivity index (χ1v) is 6.29. The number of piperidine rings is 1. The van der Waals surface area contributed by atoms with E-state index in [-0.39, 0.29) is 11.3 Å². The number of aliphatic hydroxyl groups is 1. The standard InChI is InChI=1S/C13H16N2O5/c1-13(18)4-6-14(7-5-13)11-8-9(15(19)20)2-3-10(11)12(16)17/h2-3,8,18H,4-7H2,1H3,(H,16,17). The van der Waals surface area contributed by atoms with Crippen LogP contribution in [0.5, 0.6) is 0 Å². The molecule has 0 atom stereocenters. The van der Waals surface area contributed by atoms with Crippen molar-refractivity contribution in [2.45, 2.75) is 25.4 Å². The molecule has 1 aliphatic heterocycles. The quantitative estimate of drug-likeness (QED) is 0.644.